The molecule has 1 heterocycles. The fourth-order valence-electron chi connectivity index (χ4n) is 2.37. The third-order valence-corrected chi connectivity index (χ3v) is 3.26. The quantitative estimate of drug-likeness (QED) is 0.738. The lowest BCUT2D eigenvalue weighted by atomic mass is 9.99. The fourth-order valence-corrected chi connectivity index (χ4v) is 2.37. The highest BCUT2D eigenvalue weighted by molar-refractivity contribution is 5.84. The van der Waals surface area contributed by atoms with Crippen molar-refractivity contribution in [2.24, 2.45) is 0 Å². The normalized spacial score (nSPS) is 10.8. The number of benzene rings is 2. The molecule has 0 spiro atoms. The van der Waals surface area contributed by atoms with Crippen LogP contribution in [0.25, 0.3) is 22.2 Å². The molecule has 0 saturated heterocycles. The van der Waals surface area contributed by atoms with Crippen LogP contribution in [0, 0.1) is 6.92 Å². The zero-order valence-electron chi connectivity index (χ0n) is 10.8. The van der Waals surface area contributed by atoms with Crippen molar-refractivity contribution in [3.8, 4) is 16.9 Å². The molecular formula is C15H14N2O2. The van der Waals surface area contributed by atoms with Gasteiger partial charge in [0.25, 0.3) is 0 Å². The third kappa shape index (κ3) is 1.91. The molecule has 3 aromatic rings. The molecule has 2 N–H and O–H groups in total. The van der Waals surface area contributed by atoms with Crippen LogP contribution in [0.3, 0.4) is 0 Å². The van der Waals surface area contributed by atoms with E-state index in [4.69, 9.17) is 4.74 Å². The summed E-state index contributed by atoms with van der Waals surface area (Å²) in [6.07, 6.45) is 0. The number of methoxy groups -OCH3 is 1. The molecule has 0 fully saturated rings. The summed E-state index contributed by atoms with van der Waals surface area (Å²) in [6.45, 7) is 2.04. The predicted octanol–water partition coefficient (Wildman–Crippen LogP) is 2.84. The number of aromatic nitrogens is 2. The Morgan fingerprint density at radius 2 is 1.84 bits per heavy atom. The Morgan fingerprint density at radius 1 is 1.05 bits per heavy atom. The summed E-state index contributed by atoms with van der Waals surface area (Å²) in [7, 11) is 1.66. The number of H-pyrrole nitrogens is 2. The van der Waals surface area contributed by atoms with Gasteiger partial charge in [-0.05, 0) is 36.2 Å². The van der Waals surface area contributed by atoms with Crippen molar-refractivity contribution in [1.29, 1.82) is 0 Å². The van der Waals surface area contributed by atoms with Gasteiger partial charge in [0.2, 0.25) is 0 Å². The van der Waals surface area contributed by atoms with E-state index >= 15 is 0 Å². The van der Waals surface area contributed by atoms with Gasteiger partial charge in [0.15, 0.2) is 0 Å². The number of hydrogen-bond donors (Lipinski definition) is 2. The molecule has 1 aromatic heterocycles. The number of aryl methyl sites for hydroxylation is 1. The molecule has 96 valence electrons. The summed E-state index contributed by atoms with van der Waals surface area (Å²) in [6, 6.07) is 11.8. The lowest BCUT2D eigenvalue weighted by molar-refractivity contribution is 0.416. The summed E-state index contributed by atoms with van der Waals surface area (Å²) in [5.41, 5.74) is 4.63. The highest BCUT2D eigenvalue weighted by Crippen LogP contribution is 2.33. The molecule has 19 heavy (non-hydrogen) atoms. The highest BCUT2D eigenvalue weighted by atomic mass is 16.5. The Labute approximate surface area is 110 Å². The van der Waals surface area contributed by atoms with E-state index in [-0.39, 0.29) is 5.69 Å². The van der Waals surface area contributed by atoms with Gasteiger partial charge in [-0.3, -0.25) is 0 Å². The monoisotopic (exact) mass is 254 g/mol. The van der Waals surface area contributed by atoms with Crippen LogP contribution in [0.4, 0.5) is 0 Å². The molecule has 0 amide bonds. The van der Waals surface area contributed by atoms with Crippen LogP contribution in [0.1, 0.15) is 5.56 Å². The number of aromatic amines is 2. The molecule has 4 nitrogen and oxygen atoms in total. The Balaban J connectivity index is 2.26. The maximum absolute atomic E-state index is 11.3. The number of nitrogens with one attached hydrogen (secondary N) is 2. The molecule has 0 aliphatic rings. The first-order valence-electron chi connectivity index (χ1n) is 6.05. The first-order chi connectivity index (χ1) is 9.19. The maximum atomic E-state index is 11.3. The molecule has 3 rings (SSSR count). The number of rotatable bonds is 2. The lowest BCUT2D eigenvalue weighted by Gasteiger charge is -2.11. The largest absolute Gasteiger partial charge is 0.496 e. The Hall–Kier alpha value is -2.49. The molecule has 2 aromatic carbocycles. The van der Waals surface area contributed by atoms with Gasteiger partial charge in [0.1, 0.15) is 5.75 Å². The van der Waals surface area contributed by atoms with Gasteiger partial charge in [-0.2, -0.15) is 0 Å². The Bertz CT molecular complexity index is 799. The summed E-state index contributed by atoms with van der Waals surface area (Å²) in [5, 5.41) is 0. The summed E-state index contributed by atoms with van der Waals surface area (Å²) in [5.74, 6) is 0.831. The summed E-state index contributed by atoms with van der Waals surface area (Å²) >= 11 is 0. The van der Waals surface area contributed by atoms with Crippen LogP contribution in [-0.2, 0) is 0 Å². The minimum Gasteiger partial charge on any atom is -0.496 e. The molecule has 0 unspecified atom stereocenters. The average Bonchev–Trinajstić information content (AvgIpc) is 2.77. The zero-order chi connectivity index (χ0) is 13.4. The van der Waals surface area contributed by atoms with E-state index in [1.165, 1.54) is 0 Å². The minimum atomic E-state index is -0.191. The van der Waals surface area contributed by atoms with Gasteiger partial charge in [0, 0.05) is 5.56 Å². The predicted molar refractivity (Wildman–Crippen MR) is 75.6 cm³/mol. The molecule has 4 heteroatoms. The van der Waals surface area contributed by atoms with Gasteiger partial charge in [-0.1, -0.05) is 18.2 Å². The number of imidazole rings is 1. The molecule has 0 bridgehead atoms. The zero-order valence-corrected chi connectivity index (χ0v) is 10.8. The second kappa shape index (κ2) is 4.31. The van der Waals surface area contributed by atoms with E-state index in [1.807, 2.05) is 43.3 Å². The van der Waals surface area contributed by atoms with Crippen LogP contribution < -0.4 is 10.4 Å². The van der Waals surface area contributed by atoms with Crippen molar-refractivity contribution >= 4 is 11.0 Å². The molecule has 0 atom stereocenters. The highest BCUT2D eigenvalue weighted by Gasteiger charge is 2.10. The summed E-state index contributed by atoms with van der Waals surface area (Å²) < 4.78 is 5.42. The topological polar surface area (TPSA) is 57.9 Å². The lowest BCUT2D eigenvalue weighted by Crippen LogP contribution is -1.99. The molecular weight excluding hydrogens is 240 g/mol. The maximum Gasteiger partial charge on any atom is 0.323 e. The molecule has 0 radical (unpaired) electrons. The van der Waals surface area contributed by atoms with Crippen molar-refractivity contribution in [2.45, 2.75) is 6.92 Å². The van der Waals surface area contributed by atoms with Gasteiger partial charge in [-0.25, -0.2) is 4.79 Å². The average molecular weight is 254 g/mol. The van der Waals surface area contributed by atoms with Gasteiger partial charge in [0.05, 0.1) is 18.1 Å². The van der Waals surface area contributed by atoms with Crippen LogP contribution in [0.5, 0.6) is 5.75 Å². The van der Waals surface area contributed by atoms with E-state index in [0.717, 1.165) is 33.5 Å². The van der Waals surface area contributed by atoms with Crippen LogP contribution >= 0.6 is 0 Å². The second-order valence-electron chi connectivity index (χ2n) is 4.49. The van der Waals surface area contributed by atoms with E-state index in [9.17, 15) is 4.79 Å². The standard InChI is InChI=1S/C15H14N2O2/c1-9-4-3-5-13(19-2)14(9)10-6-7-11-12(8-10)17-15(18)16-11/h3-8H,1-2H3,(H2,16,17,18). The Kier molecular flexibility index (Phi) is 2.63. The van der Waals surface area contributed by atoms with Gasteiger partial charge in [-0.15, -0.1) is 0 Å². The number of fused-ring (bicyclic) bond motifs is 1. The molecule has 0 aliphatic carbocycles. The van der Waals surface area contributed by atoms with Crippen molar-refractivity contribution in [1.82, 2.24) is 9.97 Å². The van der Waals surface area contributed by atoms with Crippen LogP contribution in [0.2, 0.25) is 0 Å². The SMILES string of the molecule is COc1cccc(C)c1-c1ccc2[nH]c(=O)[nH]c2c1. The smallest absolute Gasteiger partial charge is 0.323 e. The first-order valence-corrected chi connectivity index (χ1v) is 6.05. The fraction of sp³-hybridized carbons (Fsp3) is 0.133. The number of hydrogen-bond acceptors (Lipinski definition) is 2. The molecule has 0 aliphatic heterocycles. The Morgan fingerprint density at radius 3 is 2.63 bits per heavy atom. The van der Waals surface area contributed by atoms with Crippen molar-refractivity contribution < 1.29 is 4.74 Å². The van der Waals surface area contributed by atoms with Crippen molar-refractivity contribution in [3.63, 3.8) is 0 Å². The minimum absolute atomic E-state index is 0.191. The second-order valence-corrected chi connectivity index (χ2v) is 4.49. The van der Waals surface area contributed by atoms with E-state index in [1.54, 1.807) is 7.11 Å². The molecule has 0 saturated carbocycles. The van der Waals surface area contributed by atoms with Crippen LogP contribution in [0.15, 0.2) is 41.2 Å². The number of ether oxygens (including phenoxy) is 1. The summed E-state index contributed by atoms with van der Waals surface area (Å²) in [4.78, 5) is 16.8. The van der Waals surface area contributed by atoms with Gasteiger partial charge < -0.3 is 14.7 Å². The van der Waals surface area contributed by atoms with E-state index in [2.05, 4.69) is 9.97 Å². The van der Waals surface area contributed by atoms with Crippen molar-refractivity contribution in [3.05, 3.63) is 52.4 Å². The third-order valence-electron chi connectivity index (χ3n) is 3.26. The van der Waals surface area contributed by atoms with Crippen molar-refractivity contribution in [2.75, 3.05) is 7.11 Å². The first kappa shape index (κ1) is 11.6. The van der Waals surface area contributed by atoms with E-state index in [0.29, 0.717) is 0 Å². The van der Waals surface area contributed by atoms with E-state index < -0.39 is 0 Å². The van der Waals surface area contributed by atoms with Gasteiger partial charge >= 0.3 is 5.69 Å². The van der Waals surface area contributed by atoms with Crippen LogP contribution in [-0.4, -0.2) is 17.1 Å².